The van der Waals surface area contributed by atoms with Crippen LogP contribution in [-0.4, -0.2) is 73.0 Å². The molecule has 2 amide bonds. The average molecular weight is 558 g/mol. The van der Waals surface area contributed by atoms with E-state index in [0.29, 0.717) is 43.7 Å². The van der Waals surface area contributed by atoms with Gasteiger partial charge in [0.25, 0.3) is 17.4 Å². The molecule has 4 aromatic rings. The number of H-pyrrole nitrogens is 1. The highest BCUT2D eigenvalue weighted by atomic mass is 19.1. The molecule has 2 aliphatic rings. The number of piperazine rings is 1. The Morgan fingerprint density at radius 3 is 2.39 bits per heavy atom. The quantitative estimate of drug-likeness (QED) is 0.403. The predicted molar refractivity (Wildman–Crippen MR) is 150 cm³/mol. The standard InChI is InChI=1S/C30H32FN7O3/c1-18(2)38-27-10-8-20(17-26(27)33-35-38)29(40)36-11-13-37(14-12-36)30(41)23-15-19(7-9-24(23)31)16-25-21-5-3-4-6-22(21)28(39)34-32-25/h7-10,15,17-18H,3-6,11-14,16H2,1-2H3,(H,34,39). The molecule has 0 unspecified atom stereocenters. The van der Waals surface area contributed by atoms with Crippen LogP contribution in [0.25, 0.3) is 11.0 Å². The zero-order chi connectivity index (χ0) is 28.7. The van der Waals surface area contributed by atoms with Gasteiger partial charge in [0.05, 0.1) is 16.8 Å². The van der Waals surface area contributed by atoms with Crippen LogP contribution in [0.4, 0.5) is 4.39 Å². The topological polar surface area (TPSA) is 117 Å². The maximum atomic E-state index is 14.9. The molecule has 10 nitrogen and oxygen atoms in total. The van der Waals surface area contributed by atoms with Crippen LogP contribution in [0.5, 0.6) is 0 Å². The first-order chi connectivity index (χ1) is 19.8. The molecule has 11 heteroatoms. The summed E-state index contributed by atoms with van der Waals surface area (Å²) in [6, 6.07) is 10.1. The molecule has 0 atom stereocenters. The molecular formula is C30H32FN7O3. The number of hydrogen-bond donors (Lipinski definition) is 1. The number of rotatable bonds is 5. The summed E-state index contributed by atoms with van der Waals surface area (Å²) in [4.78, 5) is 42.1. The highest BCUT2D eigenvalue weighted by Crippen LogP contribution is 2.24. The van der Waals surface area contributed by atoms with Gasteiger partial charge in [-0.1, -0.05) is 11.3 Å². The van der Waals surface area contributed by atoms with Crippen LogP contribution >= 0.6 is 0 Å². The Morgan fingerprint density at radius 2 is 1.66 bits per heavy atom. The molecule has 41 heavy (non-hydrogen) atoms. The second-order valence-corrected chi connectivity index (χ2v) is 11.1. The minimum Gasteiger partial charge on any atom is -0.335 e. The van der Waals surface area contributed by atoms with Gasteiger partial charge < -0.3 is 9.80 Å². The summed E-state index contributed by atoms with van der Waals surface area (Å²) in [6.45, 7) is 5.33. The van der Waals surface area contributed by atoms with Crippen LogP contribution in [0.2, 0.25) is 0 Å². The van der Waals surface area contributed by atoms with Gasteiger partial charge in [-0.25, -0.2) is 14.2 Å². The van der Waals surface area contributed by atoms with E-state index in [2.05, 4.69) is 20.5 Å². The van der Waals surface area contributed by atoms with E-state index in [4.69, 9.17) is 0 Å². The zero-order valence-electron chi connectivity index (χ0n) is 23.2. The van der Waals surface area contributed by atoms with Gasteiger partial charge in [-0.3, -0.25) is 14.4 Å². The highest BCUT2D eigenvalue weighted by Gasteiger charge is 2.28. The molecule has 0 bridgehead atoms. The summed E-state index contributed by atoms with van der Waals surface area (Å²) in [7, 11) is 0. The lowest BCUT2D eigenvalue weighted by molar-refractivity contribution is 0.0533. The number of halogens is 1. The van der Waals surface area contributed by atoms with Crippen molar-refractivity contribution in [1.82, 2.24) is 35.0 Å². The van der Waals surface area contributed by atoms with Crippen molar-refractivity contribution < 1.29 is 14.0 Å². The number of amides is 2. The van der Waals surface area contributed by atoms with E-state index < -0.39 is 11.7 Å². The predicted octanol–water partition coefficient (Wildman–Crippen LogP) is 3.30. The molecule has 0 radical (unpaired) electrons. The molecule has 2 aromatic carbocycles. The molecule has 1 fully saturated rings. The van der Waals surface area contributed by atoms with Crippen molar-refractivity contribution in [2.75, 3.05) is 26.2 Å². The normalized spacial score (nSPS) is 15.4. The van der Waals surface area contributed by atoms with Gasteiger partial charge in [0, 0.05) is 49.8 Å². The van der Waals surface area contributed by atoms with Crippen molar-refractivity contribution in [1.29, 1.82) is 0 Å². The van der Waals surface area contributed by atoms with Gasteiger partial charge >= 0.3 is 0 Å². The first-order valence-electron chi connectivity index (χ1n) is 14.1. The largest absolute Gasteiger partial charge is 0.335 e. The van der Waals surface area contributed by atoms with Crippen molar-refractivity contribution in [3.63, 3.8) is 0 Å². The van der Waals surface area contributed by atoms with Crippen molar-refractivity contribution >= 4 is 22.8 Å². The van der Waals surface area contributed by atoms with Gasteiger partial charge in [-0.05, 0) is 81.0 Å². The van der Waals surface area contributed by atoms with Gasteiger partial charge in [0.1, 0.15) is 11.3 Å². The van der Waals surface area contributed by atoms with Crippen LogP contribution in [0.1, 0.15) is 75.8 Å². The molecule has 2 aromatic heterocycles. The lowest BCUT2D eigenvalue weighted by Gasteiger charge is -2.35. The number of nitrogens with zero attached hydrogens (tertiary/aromatic N) is 6. The Bertz CT molecular complexity index is 1700. The third-order valence-corrected chi connectivity index (χ3v) is 8.08. The number of carbonyl (C=O) groups is 2. The molecule has 3 heterocycles. The summed E-state index contributed by atoms with van der Waals surface area (Å²) < 4.78 is 16.7. The number of fused-ring (bicyclic) bond motifs is 2. The van der Waals surface area contributed by atoms with Crippen molar-refractivity contribution in [3.8, 4) is 0 Å². The fourth-order valence-electron chi connectivity index (χ4n) is 5.84. The fraction of sp³-hybridized carbons (Fsp3) is 0.400. The minimum atomic E-state index is -0.587. The van der Waals surface area contributed by atoms with E-state index in [1.165, 1.54) is 6.07 Å². The first kappa shape index (κ1) is 26.8. The Labute approximate surface area is 236 Å². The number of nitrogens with one attached hydrogen (secondary N) is 1. The Hall–Kier alpha value is -4.41. The van der Waals surface area contributed by atoms with Gasteiger partial charge in [-0.2, -0.15) is 5.10 Å². The third-order valence-electron chi connectivity index (χ3n) is 8.08. The molecule has 0 saturated carbocycles. The number of benzene rings is 2. The van der Waals surface area contributed by atoms with Crippen LogP contribution in [0, 0.1) is 5.82 Å². The van der Waals surface area contributed by atoms with Gasteiger partial charge in [0.15, 0.2) is 0 Å². The summed E-state index contributed by atoms with van der Waals surface area (Å²) in [5.41, 5.74) is 5.18. The molecule has 1 N–H and O–H groups in total. The molecule has 212 valence electrons. The van der Waals surface area contributed by atoms with E-state index in [0.717, 1.165) is 53.6 Å². The molecule has 1 saturated heterocycles. The molecule has 0 spiro atoms. The number of aromatic nitrogens is 5. The molecule has 6 rings (SSSR count). The van der Waals surface area contributed by atoms with Crippen molar-refractivity contribution in [2.24, 2.45) is 0 Å². The Kier molecular flexibility index (Phi) is 7.10. The smallest absolute Gasteiger partial charge is 0.267 e. The lowest BCUT2D eigenvalue weighted by Crippen LogP contribution is -2.50. The lowest BCUT2D eigenvalue weighted by atomic mass is 9.90. The van der Waals surface area contributed by atoms with E-state index in [-0.39, 0.29) is 23.1 Å². The van der Waals surface area contributed by atoms with Gasteiger partial charge in [-0.15, -0.1) is 5.10 Å². The van der Waals surface area contributed by atoms with E-state index in [9.17, 15) is 18.8 Å². The van der Waals surface area contributed by atoms with E-state index >= 15 is 0 Å². The minimum absolute atomic E-state index is 0.000686. The number of hydrogen-bond acceptors (Lipinski definition) is 6. The van der Waals surface area contributed by atoms with Crippen molar-refractivity contribution in [3.05, 3.63) is 86.1 Å². The Morgan fingerprint density at radius 1 is 0.951 bits per heavy atom. The van der Waals surface area contributed by atoms with Crippen LogP contribution in [0.3, 0.4) is 0 Å². The monoisotopic (exact) mass is 557 g/mol. The third kappa shape index (κ3) is 5.12. The molecular weight excluding hydrogens is 525 g/mol. The van der Waals surface area contributed by atoms with Crippen molar-refractivity contribution in [2.45, 2.75) is 52.0 Å². The maximum Gasteiger partial charge on any atom is 0.267 e. The Balaban J connectivity index is 1.13. The first-order valence-corrected chi connectivity index (χ1v) is 14.1. The van der Waals surface area contributed by atoms with Gasteiger partial charge in [0.2, 0.25) is 0 Å². The molecule has 1 aliphatic heterocycles. The van der Waals surface area contributed by atoms with E-state index in [1.807, 2.05) is 24.6 Å². The highest BCUT2D eigenvalue weighted by molar-refractivity contribution is 5.98. The summed E-state index contributed by atoms with van der Waals surface area (Å²) in [5, 5.41) is 15.2. The number of aromatic amines is 1. The summed E-state index contributed by atoms with van der Waals surface area (Å²) in [6.07, 6.45) is 3.90. The summed E-state index contributed by atoms with van der Waals surface area (Å²) in [5.74, 6) is -1.13. The second kappa shape index (κ2) is 10.9. The SMILES string of the molecule is CC(C)n1nnc2cc(C(=O)N3CCN(C(=O)c4cc(Cc5n[nH]c(=O)c6c5CCCC6)ccc4F)CC3)ccc21. The van der Waals surface area contributed by atoms with Crippen LogP contribution in [-0.2, 0) is 19.3 Å². The maximum absolute atomic E-state index is 14.9. The average Bonchev–Trinajstić information content (AvgIpc) is 3.43. The zero-order valence-corrected chi connectivity index (χ0v) is 23.2. The fourth-order valence-corrected chi connectivity index (χ4v) is 5.84. The summed E-state index contributed by atoms with van der Waals surface area (Å²) >= 11 is 0. The molecule has 1 aliphatic carbocycles. The van der Waals surface area contributed by atoms with E-state index in [1.54, 1.807) is 34.1 Å². The number of carbonyl (C=O) groups excluding carboxylic acids is 2. The van der Waals surface area contributed by atoms with Crippen LogP contribution in [0.15, 0.2) is 41.2 Å². The van der Waals surface area contributed by atoms with Crippen LogP contribution < -0.4 is 5.56 Å². The second-order valence-electron chi connectivity index (χ2n) is 11.1.